The zero-order valence-electron chi connectivity index (χ0n) is 11.6. The van der Waals surface area contributed by atoms with Crippen LogP contribution in [0.5, 0.6) is 0 Å². The maximum Gasteiger partial charge on any atom is 0.223 e. The molecule has 1 aliphatic rings. The Hall–Kier alpha value is -1.06. The number of halogens is 1. The number of nitrogens with one attached hydrogen (secondary N) is 2. The second kappa shape index (κ2) is 7.51. The fraction of sp³-hybridized carbons (Fsp3) is 0.533. The van der Waals surface area contributed by atoms with Crippen LogP contribution < -0.4 is 10.6 Å². The van der Waals surface area contributed by atoms with Gasteiger partial charge in [0.25, 0.3) is 0 Å². The second-order valence-electron chi connectivity index (χ2n) is 5.17. The smallest absolute Gasteiger partial charge is 0.223 e. The highest BCUT2D eigenvalue weighted by atomic mass is 35.5. The summed E-state index contributed by atoms with van der Waals surface area (Å²) < 4.78 is 0. The molecular formula is C15H23ClN2O. The highest BCUT2D eigenvalue weighted by Gasteiger charge is 2.22. The SMILES string of the molecule is Cc1ccc(C(C)NC(=O)C2CCNCC2)cc1.Cl. The number of rotatable bonds is 3. The third-order valence-electron chi connectivity index (χ3n) is 3.65. The summed E-state index contributed by atoms with van der Waals surface area (Å²) in [5.41, 5.74) is 2.42. The van der Waals surface area contributed by atoms with Crippen LogP contribution in [0.25, 0.3) is 0 Å². The van der Waals surface area contributed by atoms with E-state index in [0.717, 1.165) is 25.9 Å². The van der Waals surface area contributed by atoms with Gasteiger partial charge in [0.1, 0.15) is 0 Å². The second-order valence-corrected chi connectivity index (χ2v) is 5.17. The number of carbonyl (C=O) groups excluding carboxylic acids is 1. The minimum atomic E-state index is 0. The molecule has 1 aromatic carbocycles. The van der Waals surface area contributed by atoms with E-state index in [1.165, 1.54) is 11.1 Å². The summed E-state index contributed by atoms with van der Waals surface area (Å²) in [6, 6.07) is 8.43. The van der Waals surface area contributed by atoms with Crippen molar-refractivity contribution in [2.45, 2.75) is 32.7 Å². The molecule has 1 saturated heterocycles. The van der Waals surface area contributed by atoms with E-state index in [4.69, 9.17) is 0 Å². The van der Waals surface area contributed by atoms with Crippen LogP contribution in [0.4, 0.5) is 0 Å². The molecule has 1 amide bonds. The van der Waals surface area contributed by atoms with Gasteiger partial charge >= 0.3 is 0 Å². The molecule has 1 aromatic rings. The lowest BCUT2D eigenvalue weighted by Crippen LogP contribution is -2.39. The molecule has 0 radical (unpaired) electrons. The van der Waals surface area contributed by atoms with Gasteiger partial charge in [0.15, 0.2) is 0 Å². The molecule has 1 fully saturated rings. The molecule has 1 unspecified atom stereocenters. The van der Waals surface area contributed by atoms with Crippen LogP contribution in [0.1, 0.15) is 36.9 Å². The zero-order chi connectivity index (χ0) is 13.0. The maximum atomic E-state index is 12.1. The van der Waals surface area contributed by atoms with Crippen molar-refractivity contribution in [1.29, 1.82) is 0 Å². The largest absolute Gasteiger partial charge is 0.349 e. The molecule has 2 N–H and O–H groups in total. The Morgan fingerprint density at radius 1 is 1.26 bits per heavy atom. The summed E-state index contributed by atoms with van der Waals surface area (Å²) in [5, 5.41) is 6.40. The zero-order valence-corrected chi connectivity index (χ0v) is 12.4. The van der Waals surface area contributed by atoms with E-state index in [0.29, 0.717) is 0 Å². The van der Waals surface area contributed by atoms with Crippen molar-refractivity contribution < 1.29 is 4.79 Å². The topological polar surface area (TPSA) is 41.1 Å². The lowest BCUT2D eigenvalue weighted by atomic mass is 9.96. The number of piperidine rings is 1. The van der Waals surface area contributed by atoms with E-state index >= 15 is 0 Å². The minimum absolute atomic E-state index is 0. The molecule has 1 atom stereocenters. The van der Waals surface area contributed by atoms with E-state index in [1.807, 2.05) is 6.92 Å². The van der Waals surface area contributed by atoms with Gasteiger partial charge in [0, 0.05) is 5.92 Å². The first kappa shape index (κ1) is 16.0. The molecule has 0 aliphatic carbocycles. The molecule has 1 heterocycles. The number of carbonyl (C=O) groups is 1. The highest BCUT2D eigenvalue weighted by molar-refractivity contribution is 5.85. The van der Waals surface area contributed by atoms with Gasteiger partial charge < -0.3 is 10.6 Å². The molecule has 0 spiro atoms. The molecule has 3 nitrogen and oxygen atoms in total. The first-order chi connectivity index (χ1) is 8.66. The molecule has 0 aromatic heterocycles. The quantitative estimate of drug-likeness (QED) is 0.895. The molecule has 106 valence electrons. The predicted molar refractivity (Wildman–Crippen MR) is 80.6 cm³/mol. The Morgan fingerprint density at radius 3 is 2.42 bits per heavy atom. The van der Waals surface area contributed by atoms with E-state index in [2.05, 4.69) is 41.8 Å². The summed E-state index contributed by atoms with van der Waals surface area (Å²) >= 11 is 0. The third-order valence-corrected chi connectivity index (χ3v) is 3.65. The summed E-state index contributed by atoms with van der Waals surface area (Å²) in [4.78, 5) is 12.1. The molecule has 0 bridgehead atoms. The Bertz CT molecular complexity index is 399. The monoisotopic (exact) mass is 282 g/mol. The summed E-state index contributed by atoms with van der Waals surface area (Å²) in [6.07, 6.45) is 1.90. The lowest BCUT2D eigenvalue weighted by molar-refractivity contribution is -0.126. The Balaban J connectivity index is 0.00000180. The molecule has 2 rings (SSSR count). The number of hydrogen-bond donors (Lipinski definition) is 2. The minimum Gasteiger partial charge on any atom is -0.349 e. The Kier molecular flexibility index (Phi) is 6.32. The summed E-state index contributed by atoms with van der Waals surface area (Å²) in [7, 11) is 0. The lowest BCUT2D eigenvalue weighted by Gasteiger charge is -2.24. The van der Waals surface area contributed by atoms with Gasteiger partial charge in [-0.15, -0.1) is 12.4 Å². The van der Waals surface area contributed by atoms with Crippen LogP contribution in [0.3, 0.4) is 0 Å². The first-order valence-electron chi connectivity index (χ1n) is 6.74. The number of amides is 1. The van der Waals surface area contributed by atoms with E-state index in [-0.39, 0.29) is 30.3 Å². The molecule has 0 saturated carbocycles. The van der Waals surface area contributed by atoms with Gasteiger partial charge in [-0.1, -0.05) is 29.8 Å². The van der Waals surface area contributed by atoms with Crippen molar-refractivity contribution in [3.63, 3.8) is 0 Å². The number of aryl methyl sites for hydroxylation is 1. The summed E-state index contributed by atoms with van der Waals surface area (Å²) in [6.45, 7) is 6.03. The van der Waals surface area contributed by atoms with Gasteiger partial charge in [-0.05, 0) is 45.3 Å². The van der Waals surface area contributed by atoms with Crippen molar-refractivity contribution in [1.82, 2.24) is 10.6 Å². The van der Waals surface area contributed by atoms with Crippen molar-refractivity contribution >= 4 is 18.3 Å². The molecule has 1 aliphatic heterocycles. The Morgan fingerprint density at radius 2 is 1.84 bits per heavy atom. The van der Waals surface area contributed by atoms with E-state index < -0.39 is 0 Å². The van der Waals surface area contributed by atoms with Crippen molar-refractivity contribution in [3.8, 4) is 0 Å². The van der Waals surface area contributed by atoms with Crippen LogP contribution >= 0.6 is 12.4 Å². The van der Waals surface area contributed by atoms with Crippen LogP contribution in [-0.4, -0.2) is 19.0 Å². The third kappa shape index (κ3) is 4.51. The van der Waals surface area contributed by atoms with Gasteiger partial charge in [-0.2, -0.15) is 0 Å². The molecule has 4 heteroatoms. The average molecular weight is 283 g/mol. The fourth-order valence-electron chi connectivity index (χ4n) is 2.35. The Labute approximate surface area is 121 Å². The normalized spacial score (nSPS) is 17.4. The highest BCUT2D eigenvalue weighted by Crippen LogP contribution is 2.16. The summed E-state index contributed by atoms with van der Waals surface area (Å²) in [5.74, 6) is 0.378. The maximum absolute atomic E-state index is 12.1. The van der Waals surface area contributed by atoms with Gasteiger partial charge in [-0.25, -0.2) is 0 Å². The predicted octanol–water partition coefficient (Wildman–Crippen LogP) is 2.59. The van der Waals surface area contributed by atoms with Gasteiger partial charge in [-0.3, -0.25) is 4.79 Å². The average Bonchev–Trinajstić information content (AvgIpc) is 2.40. The van der Waals surface area contributed by atoms with Crippen molar-refractivity contribution in [3.05, 3.63) is 35.4 Å². The van der Waals surface area contributed by atoms with Gasteiger partial charge in [0.05, 0.1) is 6.04 Å². The standard InChI is InChI=1S/C15H22N2O.ClH/c1-11-3-5-13(6-4-11)12(2)17-15(18)14-7-9-16-10-8-14;/h3-6,12,14,16H,7-10H2,1-2H3,(H,17,18);1H. The van der Waals surface area contributed by atoms with Crippen LogP contribution in [0.15, 0.2) is 24.3 Å². The van der Waals surface area contributed by atoms with Crippen molar-refractivity contribution in [2.24, 2.45) is 5.92 Å². The van der Waals surface area contributed by atoms with Crippen molar-refractivity contribution in [2.75, 3.05) is 13.1 Å². The number of hydrogen-bond acceptors (Lipinski definition) is 2. The van der Waals surface area contributed by atoms with Crippen LogP contribution in [0, 0.1) is 12.8 Å². The van der Waals surface area contributed by atoms with Gasteiger partial charge in [0.2, 0.25) is 5.91 Å². The fourth-order valence-corrected chi connectivity index (χ4v) is 2.35. The van der Waals surface area contributed by atoms with Crippen LogP contribution in [-0.2, 0) is 4.79 Å². The van der Waals surface area contributed by atoms with E-state index in [9.17, 15) is 4.79 Å². The van der Waals surface area contributed by atoms with E-state index in [1.54, 1.807) is 0 Å². The first-order valence-corrected chi connectivity index (χ1v) is 6.74. The molecule has 19 heavy (non-hydrogen) atoms. The number of benzene rings is 1. The van der Waals surface area contributed by atoms with Crippen LogP contribution in [0.2, 0.25) is 0 Å². The molecular weight excluding hydrogens is 260 g/mol.